The Morgan fingerprint density at radius 3 is 1.88 bits per heavy atom. The lowest BCUT2D eigenvalue weighted by Gasteiger charge is -2.12. The Morgan fingerprint density at radius 1 is 0.676 bits per heavy atom. The van der Waals surface area contributed by atoms with Crippen molar-refractivity contribution in [3.63, 3.8) is 0 Å². The highest BCUT2D eigenvalue weighted by atomic mass is 35.5. The van der Waals surface area contributed by atoms with E-state index in [4.69, 9.17) is 11.6 Å². The number of carbonyl (C=O) groups excluding carboxylic acids is 1. The van der Waals surface area contributed by atoms with Gasteiger partial charge in [-0.25, -0.2) is 13.6 Å². The Bertz CT molecular complexity index is 1370. The van der Waals surface area contributed by atoms with Gasteiger partial charge in [-0.05, 0) is 78.9 Å². The van der Waals surface area contributed by atoms with E-state index in [9.17, 15) is 23.5 Å². The minimum Gasteiger partial charge on any atom is -0.478 e. The van der Waals surface area contributed by atoms with Crippen LogP contribution >= 0.6 is 11.6 Å². The quantitative estimate of drug-likeness (QED) is 0.248. The number of nitrogens with one attached hydrogen (secondary N) is 2. The molecule has 5 nitrogen and oxygen atoms in total. The van der Waals surface area contributed by atoms with Crippen LogP contribution in [0.1, 0.15) is 26.3 Å². The Balaban J connectivity index is 1.54. The normalized spacial score (nSPS) is 10.6. The molecule has 0 aliphatic heterocycles. The standard InChI is InChI=1S/C26H17ClF2N2O3/c27-17-4-8-19(9-5-17)30-18-6-1-15(2-7-18)25(32)16-3-12-24(21(13-16)26(33)34)31-20-10-11-22(28)23(29)14-20/h1-14,30-31H,(H,33,34). The van der Waals surface area contributed by atoms with Gasteiger partial charge in [-0.1, -0.05) is 11.6 Å². The molecule has 4 aromatic rings. The summed E-state index contributed by atoms with van der Waals surface area (Å²) in [5.41, 5.74) is 2.26. The summed E-state index contributed by atoms with van der Waals surface area (Å²) in [6, 6.07) is 21.2. The predicted molar refractivity (Wildman–Crippen MR) is 128 cm³/mol. The van der Waals surface area contributed by atoms with Gasteiger partial charge in [0.25, 0.3) is 0 Å². The average molecular weight is 479 g/mol. The number of ketones is 1. The van der Waals surface area contributed by atoms with Gasteiger partial charge >= 0.3 is 5.97 Å². The molecule has 0 heterocycles. The summed E-state index contributed by atoms with van der Waals surface area (Å²) in [5.74, 6) is -3.72. The zero-order valence-corrected chi connectivity index (χ0v) is 18.2. The number of carbonyl (C=O) groups is 2. The lowest BCUT2D eigenvalue weighted by atomic mass is 10.00. The molecule has 3 N–H and O–H groups in total. The summed E-state index contributed by atoms with van der Waals surface area (Å²) in [4.78, 5) is 24.7. The van der Waals surface area contributed by atoms with Crippen LogP contribution in [-0.4, -0.2) is 16.9 Å². The van der Waals surface area contributed by atoms with Gasteiger partial charge < -0.3 is 15.7 Å². The van der Waals surface area contributed by atoms with Crippen LogP contribution in [0.5, 0.6) is 0 Å². The fourth-order valence-electron chi connectivity index (χ4n) is 3.27. The number of anilines is 4. The minimum atomic E-state index is -1.28. The molecule has 4 rings (SSSR count). The van der Waals surface area contributed by atoms with Crippen molar-refractivity contribution < 1.29 is 23.5 Å². The summed E-state index contributed by atoms with van der Waals surface area (Å²) in [7, 11) is 0. The van der Waals surface area contributed by atoms with Gasteiger partial charge in [0.15, 0.2) is 17.4 Å². The summed E-state index contributed by atoms with van der Waals surface area (Å²) in [6.45, 7) is 0. The number of aromatic carboxylic acids is 1. The molecule has 0 aromatic heterocycles. The summed E-state index contributed by atoms with van der Waals surface area (Å²) >= 11 is 5.89. The third kappa shape index (κ3) is 5.22. The van der Waals surface area contributed by atoms with Crippen LogP contribution in [0.3, 0.4) is 0 Å². The minimum absolute atomic E-state index is 0.137. The van der Waals surface area contributed by atoms with E-state index in [-0.39, 0.29) is 28.3 Å². The van der Waals surface area contributed by atoms with Crippen LogP contribution in [0.4, 0.5) is 31.5 Å². The van der Waals surface area contributed by atoms with Gasteiger partial charge in [-0.3, -0.25) is 4.79 Å². The third-order valence-electron chi connectivity index (χ3n) is 4.99. The molecule has 8 heteroatoms. The van der Waals surface area contributed by atoms with Crippen molar-refractivity contribution in [1.29, 1.82) is 0 Å². The Labute approximate surface area is 198 Å². The molecule has 34 heavy (non-hydrogen) atoms. The monoisotopic (exact) mass is 478 g/mol. The van der Waals surface area contributed by atoms with E-state index < -0.39 is 17.6 Å². The Kier molecular flexibility index (Phi) is 6.56. The molecule has 170 valence electrons. The van der Waals surface area contributed by atoms with E-state index in [0.29, 0.717) is 10.6 Å². The molecule has 4 aromatic carbocycles. The predicted octanol–water partition coefficient (Wildman–Crippen LogP) is 7.03. The highest BCUT2D eigenvalue weighted by Crippen LogP contribution is 2.26. The van der Waals surface area contributed by atoms with Gasteiger partial charge in [-0.15, -0.1) is 0 Å². The Morgan fingerprint density at radius 2 is 1.26 bits per heavy atom. The zero-order valence-electron chi connectivity index (χ0n) is 17.5. The first-order valence-corrected chi connectivity index (χ1v) is 10.4. The number of hydrogen-bond acceptors (Lipinski definition) is 4. The van der Waals surface area contributed by atoms with Crippen LogP contribution in [0.15, 0.2) is 84.9 Å². The highest BCUT2D eigenvalue weighted by molar-refractivity contribution is 6.30. The van der Waals surface area contributed by atoms with Crippen molar-refractivity contribution in [2.45, 2.75) is 0 Å². The fourth-order valence-corrected chi connectivity index (χ4v) is 3.40. The van der Waals surface area contributed by atoms with Crippen molar-refractivity contribution >= 4 is 46.1 Å². The van der Waals surface area contributed by atoms with Gasteiger partial charge in [0, 0.05) is 39.3 Å². The van der Waals surface area contributed by atoms with E-state index in [2.05, 4.69) is 10.6 Å². The van der Waals surface area contributed by atoms with Gasteiger partial charge in [0.1, 0.15) is 0 Å². The second-order valence-corrected chi connectivity index (χ2v) is 7.79. The number of carboxylic acid groups (broad SMARTS) is 1. The molecule has 0 aliphatic rings. The molecular weight excluding hydrogens is 462 g/mol. The van der Waals surface area contributed by atoms with E-state index >= 15 is 0 Å². The number of hydrogen-bond donors (Lipinski definition) is 3. The SMILES string of the molecule is O=C(c1ccc(Nc2ccc(Cl)cc2)cc1)c1ccc(Nc2ccc(F)c(F)c2)c(C(=O)O)c1. The molecule has 0 radical (unpaired) electrons. The molecular formula is C26H17ClF2N2O3. The highest BCUT2D eigenvalue weighted by Gasteiger charge is 2.16. The second-order valence-electron chi connectivity index (χ2n) is 7.36. The first-order valence-electron chi connectivity index (χ1n) is 10.1. The number of halogens is 3. The molecule has 0 bridgehead atoms. The van der Waals surface area contributed by atoms with E-state index in [1.165, 1.54) is 24.3 Å². The van der Waals surface area contributed by atoms with E-state index in [1.807, 2.05) is 12.1 Å². The smallest absolute Gasteiger partial charge is 0.337 e. The largest absolute Gasteiger partial charge is 0.478 e. The second kappa shape index (κ2) is 9.72. The van der Waals surface area contributed by atoms with Crippen molar-refractivity contribution in [1.82, 2.24) is 0 Å². The van der Waals surface area contributed by atoms with Crippen LogP contribution in [0.25, 0.3) is 0 Å². The number of carboxylic acids is 1. The molecule has 0 saturated heterocycles. The van der Waals surface area contributed by atoms with E-state index in [0.717, 1.165) is 23.5 Å². The zero-order chi connectivity index (χ0) is 24.2. The first kappa shape index (κ1) is 22.9. The molecule has 0 fully saturated rings. The first-order chi connectivity index (χ1) is 16.3. The number of benzene rings is 4. The third-order valence-corrected chi connectivity index (χ3v) is 5.24. The lowest BCUT2D eigenvalue weighted by Crippen LogP contribution is -2.08. The van der Waals surface area contributed by atoms with Crippen LogP contribution in [0.2, 0.25) is 5.02 Å². The van der Waals surface area contributed by atoms with Crippen molar-refractivity contribution in [2.75, 3.05) is 10.6 Å². The lowest BCUT2D eigenvalue weighted by molar-refractivity contribution is 0.0698. The maximum atomic E-state index is 13.5. The van der Waals surface area contributed by atoms with Gasteiger partial charge in [0.05, 0.1) is 11.3 Å². The van der Waals surface area contributed by atoms with Gasteiger partial charge in [-0.2, -0.15) is 0 Å². The van der Waals surface area contributed by atoms with Crippen LogP contribution in [0, 0.1) is 11.6 Å². The molecule has 0 aliphatic carbocycles. The maximum Gasteiger partial charge on any atom is 0.337 e. The van der Waals surface area contributed by atoms with Crippen LogP contribution in [-0.2, 0) is 0 Å². The van der Waals surface area contributed by atoms with Gasteiger partial charge in [0.2, 0.25) is 0 Å². The van der Waals surface area contributed by atoms with Crippen molar-refractivity contribution in [2.24, 2.45) is 0 Å². The van der Waals surface area contributed by atoms with Crippen LogP contribution < -0.4 is 10.6 Å². The maximum absolute atomic E-state index is 13.5. The molecule has 0 unspecified atom stereocenters. The number of rotatable bonds is 7. The summed E-state index contributed by atoms with van der Waals surface area (Å²) in [6.07, 6.45) is 0. The summed E-state index contributed by atoms with van der Waals surface area (Å²) in [5, 5.41) is 16.2. The average Bonchev–Trinajstić information content (AvgIpc) is 2.83. The molecule has 0 atom stereocenters. The topological polar surface area (TPSA) is 78.4 Å². The van der Waals surface area contributed by atoms with E-state index in [1.54, 1.807) is 36.4 Å². The molecule has 0 saturated carbocycles. The fraction of sp³-hybridized carbons (Fsp3) is 0. The van der Waals surface area contributed by atoms with Crippen molar-refractivity contribution in [3.05, 3.63) is 118 Å². The molecule has 0 spiro atoms. The van der Waals surface area contributed by atoms with Crippen molar-refractivity contribution in [3.8, 4) is 0 Å². The molecule has 0 amide bonds. The summed E-state index contributed by atoms with van der Waals surface area (Å²) < 4.78 is 26.6. The Hall–Kier alpha value is -4.23.